The van der Waals surface area contributed by atoms with Crippen LogP contribution < -0.4 is 4.74 Å². The van der Waals surface area contributed by atoms with Crippen molar-refractivity contribution in [1.82, 2.24) is 20.0 Å². The molecule has 2 fully saturated rings. The van der Waals surface area contributed by atoms with E-state index < -0.39 is 0 Å². The quantitative estimate of drug-likeness (QED) is 0.694. The zero-order valence-electron chi connectivity index (χ0n) is 14.6. The normalized spacial score (nSPS) is 16.8. The highest BCUT2D eigenvalue weighted by atomic mass is 16.5. The molecule has 7 heteroatoms. The van der Waals surface area contributed by atoms with Gasteiger partial charge >= 0.3 is 0 Å². The number of ether oxygens (including phenoxy) is 1. The summed E-state index contributed by atoms with van der Waals surface area (Å²) >= 11 is 0. The number of carbonyl (C=O) groups is 1. The largest absolute Gasteiger partial charge is 0.487 e. The first kappa shape index (κ1) is 16.0. The van der Waals surface area contributed by atoms with Crippen molar-refractivity contribution in [2.24, 2.45) is 5.92 Å². The smallest absolute Gasteiger partial charge is 0.258 e. The van der Waals surface area contributed by atoms with E-state index in [1.165, 1.54) is 0 Å². The number of hydrogen-bond donors (Lipinski definition) is 0. The molecular weight excluding hydrogens is 344 g/mol. The molecule has 0 atom stereocenters. The lowest BCUT2D eigenvalue weighted by molar-refractivity contribution is -0.141. The number of pyridine rings is 1. The van der Waals surface area contributed by atoms with Crippen LogP contribution in [-0.4, -0.2) is 45.1 Å². The Labute approximate surface area is 156 Å². The SMILES string of the molecule is O=C(C1CC1)N1CC(Oc2ccc(-c3noc(-c4ccncc4)n3)cc2)C1. The Morgan fingerprint density at radius 1 is 1.04 bits per heavy atom. The first-order chi connectivity index (χ1) is 13.3. The van der Waals surface area contributed by atoms with Gasteiger partial charge in [0.1, 0.15) is 11.9 Å². The summed E-state index contributed by atoms with van der Waals surface area (Å²) < 4.78 is 11.3. The van der Waals surface area contributed by atoms with Gasteiger partial charge in [0.05, 0.1) is 13.1 Å². The van der Waals surface area contributed by atoms with Gasteiger partial charge in [0.15, 0.2) is 0 Å². The van der Waals surface area contributed by atoms with E-state index in [0.717, 1.165) is 29.7 Å². The molecule has 0 radical (unpaired) electrons. The van der Waals surface area contributed by atoms with Crippen LogP contribution in [0.2, 0.25) is 0 Å². The van der Waals surface area contributed by atoms with Crippen molar-refractivity contribution < 1.29 is 14.1 Å². The van der Waals surface area contributed by atoms with E-state index in [4.69, 9.17) is 9.26 Å². The molecule has 136 valence electrons. The van der Waals surface area contributed by atoms with E-state index in [1.807, 2.05) is 41.3 Å². The predicted octanol–water partition coefficient (Wildman–Crippen LogP) is 2.80. The van der Waals surface area contributed by atoms with Gasteiger partial charge in [-0.25, -0.2) is 0 Å². The molecule has 2 aromatic heterocycles. The van der Waals surface area contributed by atoms with Crippen molar-refractivity contribution in [2.75, 3.05) is 13.1 Å². The van der Waals surface area contributed by atoms with Gasteiger partial charge in [0, 0.05) is 29.4 Å². The Kier molecular flexibility index (Phi) is 3.85. The number of amides is 1. The second kappa shape index (κ2) is 6.50. The Morgan fingerprint density at radius 3 is 2.48 bits per heavy atom. The summed E-state index contributed by atoms with van der Waals surface area (Å²) in [6.07, 6.45) is 5.53. The Hall–Kier alpha value is -3.22. The highest BCUT2D eigenvalue weighted by molar-refractivity contribution is 5.81. The fraction of sp³-hybridized carbons (Fsp3) is 0.300. The number of benzene rings is 1. The molecule has 7 nitrogen and oxygen atoms in total. The minimum absolute atomic E-state index is 0.0713. The van der Waals surface area contributed by atoms with Gasteiger partial charge in [-0.1, -0.05) is 5.16 Å². The molecule has 1 aliphatic carbocycles. The minimum Gasteiger partial charge on any atom is -0.487 e. The maximum Gasteiger partial charge on any atom is 0.258 e. The van der Waals surface area contributed by atoms with Crippen LogP contribution in [0, 0.1) is 5.92 Å². The average molecular weight is 362 g/mol. The molecule has 0 bridgehead atoms. The molecule has 3 heterocycles. The molecule has 0 unspecified atom stereocenters. The summed E-state index contributed by atoms with van der Waals surface area (Å²) in [5.74, 6) is 2.32. The summed E-state index contributed by atoms with van der Waals surface area (Å²) in [4.78, 5) is 22.2. The van der Waals surface area contributed by atoms with Gasteiger partial charge < -0.3 is 14.2 Å². The summed E-state index contributed by atoms with van der Waals surface area (Å²) in [5, 5.41) is 4.04. The fourth-order valence-corrected chi connectivity index (χ4v) is 3.11. The van der Waals surface area contributed by atoms with Crippen molar-refractivity contribution in [1.29, 1.82) is 0 Å². The van der Waals surface area contributed by atoms with Gasteiger partial charge in [0.2, 0.25) is 11.7 Å². The number of likely N-dealkylation sites (tertiary alicyclic amines) is 1. The van der Waals surface area contributed by atoms with Gasteiger partial charge in [-0.15, -0.1) is 0 Å². The topological polar surface area (TPSA) is 81.4 Å². The van der Waals surface area contributed by atoms with Crippen LogP contribution in [0.15, 0.2) is 53.3 Å². The standard InChI is InChI=1S/C20H18N4O3/c25-20(15-1-2-15)24-11-17(12-24)26-16-5-3-13(4-6-16)18-22-19(27-23-18)14-7-9-21-10-8-14/h3-10,15,17H,1-2,11-12H2. The van der Waals surface area contributed by atoms with E-state index in [-0.39, 0.29) is 17.9 Å². The lowest BCUT2D eigenvalue weighted by Crippen LogP contribution is -2.56. The monoisotopic (exact) mass is 362 g/mol. The molecule has 1 saturated heterocycles. The third-order valence-electron chi connectivity index (χ3n) is 4.85. The lowest BCUT2D eigenvalue weighted by Gasteiger charge is -2.39. The number of rotatable bonds is 5. The van der Waals surface area contributed by atoms with Crippen LogP contribution in [-0.2, 0) is 4.79 Å². The molecule has 1 aromatic carbocycles. The average Bonchev–Trinajstić information content (AvgIpc) is 3.42. The van der Waals surface area contributed by atoms with E-state index in [9.17, 15) is 4.79 Å². The molecule has 1 aliphatic heterocycles. The van der Waals surface area contributed by atoms with Crippen molar-refractivity contribution in [3.63, 3.8) is 0 Å². The highest BCUT2D eigenvalue weighted by Gasteiger charge is 2.40. The van der Waals surface area contributed by atoms with Crippen molar-refractivity contribution in [2.45, 2.75) is 18.9 Å². The summed E-state index contributed by atoms with van der Waals surface area (Å²) in [7, 11) is 0. The molecule has 27 heavy (non-hydrogen) atoms. The third kappa shape index (κ3) is 3.28. The van der Waals surface area contributed by atoms with E-state index in [0.29, 0.717) is 24.8 Å². The summed E-state index contributed by atoms with van der Waals surface area (Å²) in [6, 6.07) is 11.2. The van der Waals surface area contributed by atoms with Crippen LogP contribution in [0.5, 0.6) is 5.75 Å². The van der Waals surface area contributed by atoms with Crippen molar-refractivity contribution >= 4 is 5.91 Å². The number of nitrogens with zero attached hydrogens (tertiary/aromatic N) is 4. The molecular formula is C20H18N4O3. The van der Waals surface area contributed by atoms with Crippen LogP contribution in [0.3, 0.4) is 0 Å². The molecule has 0 N–H and O–H groups in total. The van der Waals surface area contributed by atoms with E-state index >= 15 is 0 Å². The van der Waals surface area contributed by atoms with Gasteiger partial charge in [-0.2, -0.15) is 4.98 Å². The zero-order chi connectivity index (χ0) is 18.2. The molecule has 3 aromatic rings. The predicted molar refractivity (Wildman–Crippen MR) is 96.7 cm³/mol. The number of carbonyl (C=O) groups excluding carboxylic acids is 1. The second-order valence-corrected chi connectivity index (χ2v) is 6.94. The molecule has 2 aliphatic rings. The maximum absolute atomic E-state index is 11.9. The summed E-state index contributed by atoms with van der Waals surface area (Å²) in [6.45, 7) is 1.36. The first-order valence-electron chi connectivity index (χ1n) is 9.06. The van der Waals surface area contributed by atoms with E-state index in [1.54, 1.807) is 12.4 Å². The minimum atomic E-state index is 0.0713. The highest BCUT2D eigenvalue weighted by Crippen LogP contribution is 2.33. The van der Waals surface area contributed by atoms with Crippen molar-refractivity contribution in [3.8, 4) is 28.6 Å². The number of aromatic nitrogens is 3. The van der Waals surface area contributed by atoms with Crippen molar-refractivity contribution in [3.05, 3.63) is 48.8 Å². The molecule has 1 saturated carbocycles. The van der Waals surface area contributed by atoms with Gasteiger partial charge in [-0.05, 0) is 49.2 Å². The molecule has 5 rings (SSSR count). The van der Waals surface area contributed by atoms with E-state index in [2.05, 4.69) is 15.1 Å². The first-order valence-corrected chi connectivity index (χ1v) is 9.06. The fourth-order valence-electron chi connectivity index (χ4n) is 3.11. The Balaban J connectivity index is 1.21. The van der Waals surface area contributed by atoms with Crippen LogP contribution in [0.4, 0.5) is 0 Å². The second-order valence-electron chi connectivity index (χ2n) is 6.94. The van der Waals surface area contributed by atoms with Crippen LogP contribution in [0.25, 0.3) is 22.8 Å². The lowest BCUT2D eigenvalue weighted by atomic mass is 10.1. The molecule has 0 spiro atoms. The van der Waals surface area contributed by atoms with Crippen LogP contribution in [0.1, 0.15) is 12.8 Å². The summed E-state index contributed by atoms with van der Waals surface area (Å²) in [5.41, 5.74) is 1.68. The van der Waals surface area contributed by atoms with Gasteiger partial charge in [-0.3, -0.25) is 9.78 Å². The van der Waals surface area contributed by atoms with Gasteiger partial charge in [0.25, 0.3) is 5.89 Å². The third-order valence-corrected chi connectivity index (χ3v) is 4.85. The number of hydrogen-bond acceptors (Lipinski definition) is 6. The maximum atomic E-state index is 11.9. The zero-order valence-corrected chi connectivity index (χ0v) is 14.6. The Bertz CT molecular complexity index is 945. The molecule has 1 amide bonds. The Morgan fingerprint density at radius 2 is 1.78 bits per heavy atom. The van der Waals surface area contributed by atoms with Crippen LogP contribution >= 0.6 is 0 Å².